The summed E-state index contributed by atoms with van der Waals surface area (Å²) in [4.78, 5) is 13.5. The molecule has 2 aromatic carbocycles. The van der Waals surface area contributed by atoms with E-state index in [0.717, 1.165) is 10.6 Å². The summed E-state index contributed by atoms with van der Waals surface area (Å²) in [5, 5.41) is 3.35. The highest BCUT2D eigenvalue weighted by Crippen LogP contribution is 2.30. The number of amides is 1. The standard InChI is InChI=1S/C18H19ClN2O3S2/c1-3-11-20-26(23,24)15-8-5-13(6-9-15)18(22)21-16-12-14(19)7-10-17(16)25-4-2/h3,5-10,12,20H,1,4,11H2,2H3,(H,21,22). The molecule has 0 atom stereocenters. The molecule has 0 heterocycles. The van der Waals surface area contributed by atoms with E-state index in [2.05, 4.69) is 16.6 Å². The Morgan fingerprint density at radius 3 is 2.54 bits per heavy atom. The Hall–Kier alpha value is -1.80. The van der Waals surface area contributed by atoms with E-state index in [1.165, 1.54) is 30.3 Å². The van der Waals surface area contributed by atoms with Crippen molar-refractivity contribution in [2.45, 2.75) is 16.7 Å². The summed E-state index contributed by atoms with van der Waals surface area (Å²) in [6, 6.07) is 11.0. The maximum atomic E-state index is 12.5. The first-order valence-electron chi connectivity index (χ1n) is 7.81. The minimum absolute atomic E-state index is 0.0842. The Labute approximate surface area is 162 Å². The van der Waals surface area contributed by atoms with Gasteiger partial charge in [0, 0.05) is 22.0 Å². The van der Waals surface area contributed by atoms with Crippen molar-refractivity contribution in [3.63, 3.8) is 0 Å². The zero-order valence-electron chi connectivity index (χ0n) is 14.2. The second kappa shape index (κ2) is 9.23. The van der Waals surface area contributed by atoms with E-state index < -0.39 is 10.0 Å². The van der Waals surface area contributed by atoms with Crippen molar-refractivity contribution < 1.29 is 13.2 Å². The summed E-state index contributed by atoms with van der Waals surface area (Å²) in [5.74, 6) is 0.516. The number of carbonyl (C=O) groups excluding carboxylic acids is 1. The van der Waals surface area contributed by atoms with Gasteiger partial charge in [0.05, 0.1) is 10.6 Å². The summed E-state index contributed by atoms with van der Waals surface area (Å²) in [6.45, 7) is 5.62. The lowest BCUT2D eigenvalue weighted by Crippen LogP contribution is -2.23. The van der Waals surface area contributed by atoms with Crippen LogP contribution >= 0.6 is 23.4 Å². The number of nitrogens with one attached hydrogen (secondary N) is 2. The topological polar surface area (TPSA) is 75.3 Å². The third kappa shape index (κ3) is 5.35. The van der Waals surface area contributed by atoms with Gasteiger partial charge in [-0.25, -0.2) is 13.1 Å². The minimum Gasteiger partial charge on any atom is -0.321 e. The van der Waals surface area contributed by atoms with Crippen LogP contribution in [-0.2, 0) is 10.0 Å². The lowest BCUT2D eigenvalue weighted by atomic mass is 10.2. The molecule has 0 unspecified atom stereocenters. The molecule has 0 saturated carbocycles. The van der Waals surface area contributed by atoms with Crippen LogP contribution in [0.25, 0.3) is 0 Å². The van der Waals surface area contributed by atoms with Gasteiger partial charge in [0.1, 0.15) is 0 Å². The number of anilines is 1. The number of carbonyl (C=O) groups is 1. The summed E-state index contributed by atoms with van der Waals surface area (Å²) < 4.78 is 26.5. The Bertz CT molecular complexity index is 897. The van der Waals surface area contributed by atoms with Crippen molar-refractivity contribution in [1.82, 2.24) is 4.72 Å². The van der Waals surface area contributed by atoms with Gasteiger partial charge < -0.3 is 5.32 Å². The van der Waals surface area contributed by atoms with E-state index >= 15 is 0 Å². The molecule has 0 fully saturated rings. The largest absolute Gasteiger partial charge is 0.321 e. The molecule has 0 saturated heterocycles. The molecular weight excluding hydrogens is 392 g/mol. The molecule has 0 bridgehead atoms. The van der Waals surface area contributed by atoms with Crippen LogP contribution in [-0.4, -0.2) is 26.6 Å². The predicted molar refractivity (Wildman–Crippen MR) is 108 cm³/mol. The Kier molecular flexibility index (Phi) is 7.28. The van der Waals surface area contributed by atoms with Gasteiger partial charge in [0.25, 0.3) is 5.91 Å². The van der Waals surface area contributed by atoms with Gasteiger partial charge >= 0.3 is 0 Å². The fourth-order valence-corrected chi connectivity index (χ4v) is 4.02. The van der Waals surface area contributed by atoms with Crippen molar-refractivity contribution in [2.24, 2.45) is 0 Å². The van der Waals surface area contributed by atoms with Crippen molar-refractivity contribution in [3.05, 3.63) is 65.7 Å². The lowest BCUT2D eigenvalue weighted by Gasteiger charge is -2.11. The third-order valence-electron chi connectivity index (χ3n) is 3.33. The molecule has 0 radical (unpaired) electrons. The molecule has 1 amide bonds. The molecule has 5 nitrogen and oxygen atoms in total. The monoisotopic (exact) mass is 410 g/mol. The highest BCUT2D eigenvalue weighted by molar-refractivity contribution is 7.99. The van der Waals surface area contributed by atoms with Crippen molar-refractivity contribution in [1.29, 1.82) is 0 Å². The van der Waals surface area contributed by atoms with Gasteiger partial charge in [-0.2, -0.15) is 0 Å². The number of halogens is 1. The minimum atomic E-state index is -3.62. The molecule has 2 aromatic rings. The number of sulfonamides is 1. The predicted octanol–water partition coefficient (Wildman–Crippen LogP) is 4.17. The number of rotatable bonds is 8. The van der Waals surface area contributed by atoms with E-state index in [4.69, 9.17) is 11.6 Å². The second-order valence-electron chi connectivity index (χ2n) is 5.19. The van der Waals surface area contributed by atoms with Crippen molar-refractivity contribution in [2.75, 3.05) is 17.6 Å². The molecule has 0 spiro atoms. The van der Waals surface area contributed by atoms with Crippen LogP contribution in [0.15, 0.2) is 64.9 Å². The quantitative estimate of drug-likeness (QED) is 0.506. The normalized spacial score (nSPS) is 11.2. The van der Waals surface area contributed by atoms with Gasteiger partial charge in [-0.15, -0.1) is 18.3 Å². The van der Waals surface area contributed by atoms with Gasteiger partial charge in [0.2, 0.25) is 10.0 Å². The summed E-state index contributed by atoms with van der Waals surface area (Å²) in [5.41, 5.74) is 0.971. The average molecular weight is 411 g/mol. The molecular formula is C18H19ClN2O3S2. The molecule has 26 heavy (non-hydrogen) atoms. The molecule has 0 aliphatic carbocycles. The average Bonchev–Trinajstić information content (AvgIpc) is 2.62. The van der Waals surface area contributed by atoms with Crippen LogP contribution in [0, 0.1) is 0 Å². The van der Waals surface area contributed by atoms with Gasteiger partial charge in [-0.3, -0.25) is 4.79 Å². The molecule has 0 aliphatic rings. The van der Waals surface area contributed by atoms with Gasteiger partial charge in [-0.05, 0) is 48.2 Å². The number of thioether (sulfide) groups is 1. The number of hydrogen-bond acceptors (Lipinski definition) is 4. The van der Waals surface area contributed by atoms with E-state index in [1.54, 1.807) is 23.9 Å². The Morgan fingerprint density at radius 2 is 1.92 bits per heavy atom. The summed E-state index contributed by atoms with van der Waals surface area (Å²) in [7, 11) is -3.62. The zero-order valence-corrected chi connectivity index (χ0v) is 16.5. The van der Waals surface area contributed by atoms with Crippen LogP contribution in [0.4, 0.5) is 5.69 Å². The molecule has 2 N–H and O–H groups in total. The number of hydrogen-bond donors (Lipinski definition) is 2. The molecule has 2 rings (SSSR count). The van der Waals surface area contributed by atoms with Crippen molar-refractivity contribution in [3.8, 4) is 0 Å². The van der Waals surface area contributed by atoms with Crippen LogP contribution in [0.3, 0.4) is 0 Å². The van der Waals surface area contributed by atoms with Crippen LogP contribution in [0.5, 0.6) is 0 Å². The van der Waals surface area contributed by atoms with Crippen LogP contribution < -0.4 is 10.0 Å². The fraction of sp³-hybridized carbons (Fsp3) is 0.167. The highest BCUT2D eigenvalue weighted by atomic mass is 35.5. The maximum absolute atomic E-state index is 12.5. The number of benzene rings is 2. The van der Waals surface area contributed by atoms with E-state index in [1.807, 2.05) is 13.0 Å². The SMILES string of the molecule is C=CCNS(=O)(=O)c1ccc(C(=O)Nc2cc(Cl)ccc2SCC)cc1. The molecule has 138 valence electrons. The fourth-order valence-electron chi connectivity index (χ4n) is 2.11. The first-order chi connectivity index (χ1) is 12.4. The smallest absolute Gasteiger partial charge is 0.255 e. The third-order valence-corrected chi connectivity index (χ3v) is 5.96. The van der Waals surface area contributed by atoms with E-state index in [9.17, 15) is 13.2 Å². The van der Waals surface area contributed by atoms with E-state index in [0.29, 0.717) is 16.3 Å². The summed E-state index contributed by atoms with van der Waals surface area (Å²) in [6.07, 6.45) is 1.45. The highest BCUT2D eigenvalue weighted by Gasteiger charge is 2.15. The van der Waals surface area contributed by atoms with Crippen molar-refractivity contribution >= 4 is 45.0 Å². The zero-order chi connectivity index (χ0) is 19.2. The van der Waals surface area contributed by atoms with Gasteiger partial charge in [0.15, 0.2) is 0 Å². The Balaban J connectivity index is 2.19. The first-order valence-corrected chi connectivity index (χ1v) is 10.7. The van der Waals surface area contributed by atoms with E-state index in [-0.39, 0.29) is 17.3 Å². The Morgan fingerprint density at radius 1 is 1.23 bits per heavy atom. The van der Waals surface area contributed by atoms with Crippen LogP contribution in [0.2, 0.25) is 5.02 Å². The van der Waals surface area contributed by atoms with Gasteiger partial charge in [-0.1, -0.05) is 24.6 Å². The molecule has 8 heteroatoms. The first kappa shape index (κ1) is 20.5. The molecule has 0 aromatic heterocycles. The lowest BCUT2D eigenvalue weighted by molar-refractivity contribution is 0.102. The summed E-state index contributed by atoms with van der Waals surface area (Å²) >= 11 is 7.61. The second-order valence-corrected chi connectivity index (χ2v) is 8.70. The van der Waals surface area contributed by atoms with Crippen LogP contribution in [0.1, 0.15) is 17.3 Å². The maximum Gasteiger partial charge on any atom is 0.255 e. The molecule has 0 aliphatic heterocycles.